The molecule has 1 unspecified atom stereocenters. The van der Waals surface area contributed by atoms with Crippen LogP contribution < -0.4 is 0 Å². The van der Waals surface area contributed by atoms with Crippen LogP contribution in [-0.2, 0) is 11.3 Å². The largest absolute Gasteiger partial charge is 0.380 e. The van der Waals surface area contributed by atoms with Gasteiger partial charge in [0.25, 0.3) is 0 Å². The van der Waals surface area contributed by atoms with Gasteiger partial charge in [-0.1, -0.05) is 18.2 Å². The number of methoxy groups -OCH3 is 1. The zero-order chi connectivity index (χ0) is 11.3. The Labute approximate surface area is 87.1 Å². The molecule has 0 saturated carbocycles. The van der Waals surface area contributed by atoms with Gasteiger partial charge in [-0.2, -0.15) is 5.26 Å². The summed E-state index contributed by atoms with van der Waals surface area (Å²) in [5.74, 6) is 0. The van der Waals surface area contributed by atoms with Gasteiger partial charge in [-0.3, -0.25) is 10.1 Å². The summed E-state index contributed by atoms with van der Waals surface area (Å²) in [6.07, 6.45) is 0. The maximum Gasteiger partial charge on any atom is 0.321 e. The van der Waals surface area contributed by atoms with Gasteiger partial charge in [-0.05, 0) is 11.6 Å². The van der Waals surface area contributed by atoms with E-state index in [2.05, 4.69) is 0 Å². The van der Waals surface area contributed by atoms with E-state index in [4.69, 9.17) is 10.00 Å². The molecule has 0 spiro atoms. The number of hydrogen-bond acceptors (Lipinski definition) is 4. The van der Waals surface area contributed by atoms with Crippen LogP contribution >= 0.6 is 0 Å². The third kappa shape index (κ3) is 2.76. The van der Waals surface area contributed by atoms with E-state index in [-0.39, 0.29) is 0 Å². The second kappa shape index (κ2) is 5.08. The van der Waals surface area contributed by atoms with E-state index in [0.717, 1.165) is 5.56 Å². The molecule has 0 heterocycles. The van der Waals surface area contributed by atoms with Crippen molar-refractivity contribution in [1.82, 2.24) is 0 Å². The third-order valence-corrected chi connectivity index (χ3v) is 1.91. The Morgan fingerprint density at radius 3 is 2.93 bits per heavy atom. The molecule has 1 rings (SSSR count). The first-order chi connectivity index (χ1) is 7.19. The molecule has 15 heavy (non-hydrogen) atoms. The van der Waals surface area contributed by atoms with Gasteiger partial charge >= 0.3 is 6.04 Å². The number of hydrogen-bond donors (Lipinski definition) is 0. The second-order valence-corrected chi connectivity index (χ2v) is 3.00. The molecular formula is C10H10N2O3. The van der Waals surface area contributed by atoms with Crippen molar-refractivity contribution in [1.29, 1.82) is 5.26 Å². The molecule has 0 N–H and O–H groups in total. The third-order valence-electron chi connectivity index (χ3n) is 1.91. The zero-order valence-corrected chi connectivity index (χ0v) is 8.21. The molecule has 0 aliphatic carbocycles. The van der Waals surface area contributed by atoms with Crippen LogP contribution in [-0.4, -0.2) is 12.0 Å². The van der Waals surface area contributed by atoms with Crippen LogP contribution in [0.15, 0.2) is 24.3 Å². The van der Waals surface area contributed by atoms with Crippen molar-refractivity contribution in [2.45, 2.75) is 12.6 Å². The summed E-state index contributed by atoms with van der Waals surface area (Å²) in [4.78, 5) is 9.95. The minimum absolute atomic E-state index is 0.379. The maximum atomic E-state index is 10.6. The summed E-state index contributed by atoms with van der Waals surface area (Å²) >= 11 is 0. The molecule has 5 nitrogen and oxygen atoms in total. The fourth-order valence-electron chi connectivity index (χ4n) is 1.26. The van der Waals surface area contributed by atoms with Crippen molar-refractivity contribution in [3.8, 4) is 6.07 Å². The van der Waals surface area contributed by atoms with Gasteiger partial charge in [0.15, 0.2) is 0 Å². The Morgan fingerprint density at radius 1 is 1.67 bits per heavy atom. The van der Waals surface area contributed by atoms with Gasteiger partial charge in [0.1, 0.15) is 6.07 Å². The Bertz CT molecular complexity index is 398. The molecule has 0 aliphatic rings. The minimum Gasteiger partial charge on any atom is -0.380 e. The average molecular weight is 206 g/mol. The van der Waals surface area contributed by atoms with Crippen molar-refractivity contribution >= 4 is 0 Å². The van der Waals surface area contributed by atoms with Gasteiger partial charge in [-0.15, -0.1) is 0 Å². The van der Waals surface area contributed by atoms with Gasteiger partial charge in [0.2, 0.25) is 0 Å². The smallest absolute Gasteiger partial charge is 0.321 e. The van der Waals surface area contributed by atoms with E-state index in [1.165, 1.54) is 0 Å². The maximum absolute atomic E-state index is 10.6. The van der Waals surface area contributed by atoms with Crippen LogP contribution in [0.25, 0.3) is 0 Å². The van der Waals surface area contributed by atoms with Crippen LogP contribution in [0.2, 0.25) is 0 Å². The average Bonchev–Trinajstić information content (AvgIpc) is 2.19. The van der Waals surface area contributed by atoms with Crippen molar-refractivity contribution in [3.05, 3.63) is 45.5 Å². The van der Waals surface area contributed by atoms with Gasteiger partial charge < -0.3 is 4.74 Å². The molecule has 1 aromatic rings. The van der Waals surface area contributed by atoms with Crippen molar-refractivity contribution in [2.24, 2.45) is 0 Å². The second-order valence-electron chi connectivity index (χ2n) is 3.00. The predicted octanol–water partition coefficient (Wildman–Crippen LogP) is 1.67. The van der Waals surface area contributed by atoms with Crippen LogP contribution in [0.5, 0.6) is 0 Å². The monoisotopic (exact) mass is 206 g/mol. The Balaban J connectivity index is 2.99. The molecule has 0 fully saturated rings. The van der Waals surface area contributed by atoms with E-state index in [1.54, 1.807) is 37.4 Å². The van der Waals surface area contributed by atoms with Crippen LogP contribution in [0.3, 0.4) is 0 Å². The number of ether oxygens (including phenoxy) is 1. The van der Waals surface area contributed by atoms with E-state index in [1.807, 2.05) is 0 Å². The lowest BCUT2D eigenvalue weighted by Gasteiger charge is -2.04. The summed E-state index contributed by atoms with van der Waals surface area (Å²) in [7, 11) is 1.54. The van der Waals surface area contributed by atoms with Gasteiger partial charge in [0, 0.05) is 17.6 Å². The molecule has 0 aliphatic heterocycles. The van der Waals surface area contributed by atoms with E-state index in [9.17, 15) is 10.1 Å². The van der Waals surface area contributed by atoms with Crippen molar-refractivity contribution in [2.75, 3.05) is 7.11 Å². The zero-order valence-electron chi connectivity index (χ0n) is 8.21. The topological polar surface area (TPSA) is 76.2 Å². The lowest BCUT2D eigenvalue weighted by molar-refractivity contribution is -0.512. The molecule has 78 valence electrons. The van der Waals surface area contributed by atoms with Crippen LogP contribution in [0, 0.1) is 21.4 Å². The van der Waals surface area contributed by atoms with Crippen LogP contribution in [0.4, 0.5) is 0 Å². The normalized spacial score (nSPS) is 11.7. The Kier molecular flexibility index (Phi) is 3.77. The summed E-state index contributed by atoms with van der Waals surface area (Å²) in [6, 6.07) is 6.99. The minimum atomic E-state index is -1.30. The molecular weight excluding hydrogens is 196 g/mol. The molecule has 0 aromatic heterocycles. The highest BCUT2D eigenvalue weighted by Gasteiger charge is 2.21. The first-order valence-corrected chi connectivity index (χ1v) is 4.30. The first-order valence-electron chi connectivity index (χ1n) is 4.30. The Morgan fingerprint density at radius 2 is 2.40 bits per heavy atom. The predicted molar refractivity (Wildman–Crippen MR) is 52.5 cm³/mol. The van der Waals surface area contributed by atoms with E-state index >= 15 is 0 Å². The molecule has 5 heteroatoms. The van der Waals surface area contributed by atoms with E-state index < -0.39 is 11.0 Å². The lowest BCUT2D eigenvalue weighted by atomic mass is 10.1. The molecule has 0 radical (unpaired) electrons. The summed E-state index contributed by atoms with van der Waals surface area (Å²) in [6.45, 7) is 0.379. The highest BCUT2D eigenvalue weighted by atomic mass is 16.6. The van der Waals surface area contributed by atoms with Gasteiger partial charge in [0.05, 0.1) is 6.61 Å². The summed E-state index contributed by atoms with van der Waals surface area (Å²) in [5, 5.41) is 19.2. The van der Waals surface area contributed by atoms with Crippen molar-refractivity contribution < 1.29 is 9.66 Å². The fourth-order valence-corrected chi connectivity index (χ4v) is 1.26. The van der Waals surface area contributed by atoms with Crippen LogP contribution in [0.1, 0.15) is 17.2 Å². The lowest BCUT2D eigenvalue weighted by Crippen LogP contribution is -2.08. The number of benzene rings is 1. The molecule has 0 amide bonds. The molecule has 1 aromatic carbocycles. The molecule has 0 bridgehead atoms. The number of rotatable bonds is 4. The SMILES string of the molecule is COCc1cccc(C(C#N)[N+](=O)[O-])c1. The summed E-state index contributed by atoms with van der Waals surface area (Å²) in [5.41, 5.74) is 1.20. The first kappa shape index (κ1) is 11.1. The number of nitrogens with zero attached hydrogens (tertiary/aromatic N) is 2. The number of nitriles is 1. The van der Waals surface area contributed by atoms with E-state index in [0.29, 0.717) is 12.2 Å². The highest BCUT2D eigenvalue weighted by molar-refractivity contribution is 5.27. The quantitative estimate of drug-likeness (QED) is 0.554. The summed E-state index contributed by atoms with van der Waals surface area (Å²) < 4.78 is 4.90. The highest BCUT2D eigenvalue weighted by Crippen LogP contribution is 2.17. The number of nitro groups is 1. The molecule has 1 atom stereocenters. The van der Waals surface area contributed by atoms with Gasteiger partial charge in [-0.25, -0.2) is 0 Å². The Hall–Kier alpha value is -1.93. The molecule has 0 saturated heterocycles. The standard InChI is InChI=1S/C10H10N2O3/c1-15-7-8-3-2-4-9(5-8)10(6-11)12(13)14/h2-5,10H,7H2,1H3. The fraction of sp³-hybridized carbons (Fsp3) is 0.300. The van der Waals surface area contributed by atoms with Crippen molar-refractivity contribution in [3.63, 3.8) is 0 Å².